The van der Waals surface area contributed by atoms with E-state index in [2.05, 4.69) is 32.6 Å². The highest BCUT2D eigenvalue weighted by molar-refractivity contribution is 5.78. The van der Waals surface area contributed by atoms with Gasteiger partial charge in [0.1, 0.15) is 0 Å². The van der Waals surface area contributed by atoms with E-state index < -0.39 is 0 Å². The number of likely N-dealkylation sites (tertiary alicyclic amines) is 1. The lowest BCUT2D eigenvalue weighted by atomic mass is 9.58. The number of aliphatic hydroxyl groups excluding tert-OH is 1. The fourth-order valence-electron chi connectivity index (χ4n) is 4.39. The highest BCUT2D eigenvalue weighted by Gasteiger charge is 2.56. The van der Waals surface area contributed by atoms with Crippen LogP contribution in [-0.2, 0) is 9.53 Å². The summed E-state index contributed by atoms with van der Waals surface area (Å²) in [6, 6.07) is 0.462. The van der Waals surface area contributed by atoms with Gasteiger partial charge in [-0.15, -0.1) is 0 Å². The predicted molar refractivity (Wildman–Crippen MR) is 91.3 cm³/mol. The quantitative estimate of drug-likeness (QED) is 0.810. The number of piperidine rings is 1. The second kappa shape index (κ2) is 7.49. The van der Waals surface area contributed by atoms with Gasteiger partial charge < -0.3 is 14.7 Å². The van der Waals surface area contributed by atoms with E-state index in [4.69, 9.17) is 4.74 Å². The molecule has 1 saturated heterocycles. The van der Waals surface area contributed by atoms with Crippen molar-refractivity contribution in [3.63, 3.8) is 0 Å². The lowest BCUT2D eigenvalue weighted by molar-refractivity contribution is -0.209. The molecule has 1 heterocycles. The van der Waals surface area contributed by atoms with Crippen LogP contribution in [0, 0.1) is 5.41 Å². The summed E-state index contributed by atoms with van der Waals surface area (Å²) in [5, 5.41) is 10.2. The monoisotopic (exact) mass is 326 g/mol. The Morgan fingerprint density at radius 2 is 1.83 bits per heavy atom. The molecule has 0 radical (unpaired) electrons. The molecule has 0 aromatic carbocycles. The number of carbonyl (C=O) groups excluding carboxylic acids is 1. The van der Waals surface area contributed by atoms with Gasteiger partial charge in [-0.05, 0) is 60.5 Å². The molecule has 23 heavy (non-hydrogen) atoms. The van der Waals surface area contributed by atoms with Gasteiger partial charge in [0, 0.05) is 30.5 Å². The third-order valence-electron chi connectivity index (χ3n) is 5.66. The van der Waals surface area contributed by atoms with E-state index in [1.165, 1.54) is 0 Å². The minimum atomic E-state index is -0.236. The van der Waals surface area contributed by atoms with Crippen molar-refractivity contribution in [1.82, 2.24) is 9.80 Å². The fraction of sp³-hybridized carbons (Fsp3) is 0.944. The van der Waals surface area contributed by atoms with Crippen LogP contribution in [0.4, 0.5) is 0 Å². The molecular formula is C18H34N2O3. The van der Waals surface area contributed by atoms with Crippen molar-refractivity contribution < 1.29 is 14.6 Å². The van der Waals surface area contributed by atoms with Crippen molar-refractivity contribution in [2.24, 2.45) is 5.41 Å². The lowest BCUT2D eigenvalue weighted by Gasteiger charge is -2.56. The van der Waals surface area contributed by atoms with Crippen LogP contribution in [-0.4, -0.2) is 71.3 Å². The van der Waals surface area contributed by atoms with Crippen LogP contribution in [0.5, 0.6) is 0 Å². The second-order valence-corrected chi connectivity index (χ2v) is 7.69. The average Bonchev–Trinajstić information content (AvgIpc) is 2.47. The maximum absolute atomic E-state index is 12.6. The Morgan fingerprint density at radius 1 is 1.26 bits per heavy atom. The molecule has 1 aliphatic carbocycles. The molecule has 0 aromatic rings. The maximum Gasteiger partial charge on any atom is 0.237 e. The largest absolute Gasteiger partial charge is 0.392 e. The molecule has 2 unspecified atom stereocenters. The first-order chi connectivity index (χ1) is 10.8. The first kappa shape index (κ1) is 18.7. The van der Waals surface area contributed by atoms with E-state index in [1.54, 1.807) is 0 Å². The molecule has 5 nitrogen and oxygen atoms in total. The molecule has 0 bridgehead atoms. The van der Waals surface area contributed by atoms with Gasteiger partial charge in [0.25, 0.3) is 0 Å². The van der Waals surface area contributed by atoms with Crippen molar-refractivity contribution in [2.75, 3.05) is 26.2 Å². The molecule has 134 valence electrons. The number of amides is 1. The van der Waals surface area contributed by atoms with Crippen LogP contribution in [0.3, 0.4) is 0 Å². The van der Waals surface area contributed by atoms with Gasteiger partial charge in [0.05, 0.1) is 18.8 Å². The van der Waals surface area contributed by atoms with Gasteiger partial charge in [-0.3, -0.25) is 9.69 Å². The number of nitrogens with zero attached hydrogens (tertiary/aromatic N) is 2. The van der Waals surface area contributed by atoms with Crippen molar-refractivity contribution in [3.8, 4) is 0 Å². The van der Waals surface area contributed by atoms with Crippen molar-refractivity contribution in [3.05, 3.63) is 0 Å². The molecule has 2 aliphatic rings. The summed E-state index contributed by atoms with van der Waals surface area (Å²) >= 11 is 0. The van der Waals surface area contributed by atoms with Crippen LogP contribution in [0.25, 0.3) is 0 Å². The fourth-order valence-corrected chi connectivity index (χ4v) is 4.39. The predicted octanol–water partition coefficient (Wildman–Crippen LogP) is 1.88. The zero-order chi connectivity index (χ0) is 17.2. The number of carbonyl (C=O) groups is 1. The summed E-state index contributed by atoms with van der Waals surface area (Å²) < 4.78 is 5.81. The topological polar surface area (TPSA) is 53.0 Å². The van der Waals surface area contributed by atoms with E-state index >= 15 is 0 Å². The van der Waals surface area contributed by atoms with Gasteiger partial charge in [-0.1, -0.05) is 0 Å². The van der Waals surface area contributed by atoms with Crippen molar-refractivity contribution in [2.45, 2.75) is 78.2 Å². The van der Waals surface area contributed by atoms with Gasteiger partial charge >= 0.3 is 0 Å². The molecule has 2 rings (SSSR count). The number of rotatable bonds is 6. The molecule has 0 aromatic heterocycles. The van der Waals surface area contributed by atoms with E-state index in [0.717, 1.165) is 32.4 Å². The van der Waals surface area contributed by atoms with Gasteiger partial charge in [0.2, 0.25) is 5.91 Å². The Balaban J connectivity index is 1.88. The van der Waals surface area contributed by atoms with Gasteiger partial charge in [-0.2, -0.15) is 0 Å². The number of hydrogen-bond acceptors (Lipinski definition) is 4. The van der Waals surface area contributed by atoms with Gasteiger partial charge in [0.15, 0.2) is 0 Å². The molecule has 2 atom stereocenters. The minimum absolute atomic E-state index is 0.0641. The highest BCUT2D eigenvalue weighted by atomic mass is 16.5. The van der Waals surface area contributed by atoms with E-state index in [9.17, 15) is 9.90 Å². The second-order valence-electron chi connectivity index (χ2n) is 7.69. The Hall–Kier alpha value is -0.650. The summed E-state index contributed by atoms with van der Waals surface area (Å²) in [5.74, 6) is 0.210. The SMILES string of the molecule is CCOC1CC(O)C12CCN(CC(=O)N(C(C)C)C(C)C)CC2. The summed E-state index contributed by atoms with van der Waals surface area (Å²) in [6.45, 7) is 13.2. The normalized spacial score (nSPS) is 27.5. The first-order valence-corrected chi connectivity index (χ1v) is 9.15. The van der Waals surface area contributed by atoms with Crippen molar-refractivity contribution >= 4 is 5.91 Å². The van der Waals surface area contributed by atoms with E-state index in [-0.39, 0.29) is 35.6 Å². The smallest absolute Gasteiger partial charge is 0.237 e. The molecule has 1 amide bonds. The average molecular weight is 326 g/mol. The molecule has 5 heteroatoms. The third kappa shape index (κ3) is 3.72. The number of hydrogen-bond donors (Lipinski definition) is 1. The van der Waals surface area contributed by atoms with Crippen LogP contribution in [0.15, 0.2) is 0 Å². The van der Waals surface area contributed by atoms with Crippen LogP contribution in [0.2, 0.25) is 0 Å². The number of ether oxygens (including phenoxy) is 1. The van der Waals surface area contributed by atoms with E-state index in [1.807, 2.05) is 11.8 Å². The van der Waals surface area contributed by atoms with Crippen molar-refractivity contribution in [1.29, 1.82) is 0 Å². The summed E-state index contributed by atoms with van der Waals surface area (Å²) in [4.78, 5) is 16.8. The minimum Gasteiger partial charge on any atom is -0.392 e. The molecule has 1 saturated carbocycles. The molecule has 1 N–H and O–H groups in total. The van der Waals surface area contributed by atoms with Crippen LogP contribution in [0.1, 0.15) is 53.9 Å². The first-order valence-electron chi connectivity index (χ1n) is 9.15. The Kier molecular flexibility index (Phi) is 6.09. The standard InChI is InChI=1S/C18H34N2O3/c1-6-23-16-11-15(21)18(16)7-9-19(10-8-18)12-17(22)20(13(2)3)14(4)5/h13-16,21H,6-12H2,1-5H3. The van der Waals surface area contributed by atoms with Crippen LogP contribution < -0.4 is 0 Å². The Morgan fingerprint density at radius 3 is 2.26 bits per heavy atom. The summed E-state index contributed by atoms with van der Waals surface area (Å²) in [5.41, 5.74) is -0.0641. The summed E-state index contributed by atoms with van der Waals surface area (Å²) in [6.07, 6.45) is 2.58. The van der Waals surface area contributed by atoms with Crippen LogP contribution >= 0.6 is 0 Å². The lowest BCUT2D eigenvalue weighted by Crippen LogP contribution is -2.62. The zero-order valence-corrected chi connectivity index (χ0v) is 15.4. The van der Waals surface area contributed by atoms with Gasteiger partial charge in [-0.25, -0.2) is 0 Å². The molecular weight excluding hydrogens is 292 g/mol. The maximum atomic E-state index is 12.6. The number of aliphatic hydroxyl groups is 1. The zero-order valence-electron chi connectivity index (χ0n) is 15.4. The Bertz CT molecular complexity index is 393. The molecule has 1 spiro atoms. The molecule has 2 fully saturated rings. The highest BCUT2D eigenvalue weighted by Crippen LogP contribution is 2.50. The molecule has 1 aliphatic heterocycles. The van der Waals surface area contributed by atoms with E-state index in [0.29, 0.717) is 13.2 Å². The summed E-state index contributed by atoms with van der Waals surface area (Å²) in [7, 11) is 0. The Labute approximate surface area is 141 Å². The third-order valence-corrected chi connectivity index (χ3v) is 5.66.